The Morgan fingerprint density at radius 3 is 2.56 bits per heavy atom. The van der Waals surface area contributed by atoms with Crippen molar-refractivity contribution >= 4 is 39.3 Å². The van der Waals surface area contributed by atoms with E-state index in [9.17, 15) is 23.2 Å². The zero-order chi connectivity index (χ0) is 22.8. The molecule has 1 saturated heterocycles. The Morgan fingerprint density at radius 1 is 1.12 bits per heavy atom. The molecular weight excluding hydrogens is 492 g/mol. The van der Waals surface area contributed by atoms with Gasteiger partial charge in [-0.1, -0.05) is 15.9 Å². The molecular formula is C21H18BrF2N3O5. The zero-order valence-electron chi connectivity index (χ0n) is 16.6. The van der Waals surface area contributed by atoms with Crippen LogP contribution in [0, 0.1) is 0 Å². The maximum absolute atomic E-state index is 13.0. The molecule has 0 spiro atoms. The normalized spacial score (nSPS) is 17.9. The molecule has 2 aliphatic heterocycles. The molecule has 8 nitrogen and oxygen atoms in total. The van der Waals surface area contributed by atoms with Gasteiger partial charge in [0.1, 0.15) is 17.5 Å². The standard InChI is InChI=1S/C21H18BrF2N3O5/c22-12-1-6-16-15(9-12)20(30)27-8-7-26(10-17(27)19(29)25-16)18(28)11-31-13-2-4-14(5-3-13)32-21(23)24/h1-6,9,17,21H,7-8,10-11H2,(H,25,29). The van der Waals surface area contributed by atoms with Gasteiger partial charge in [-0.05, 0) is 42.5 Å². The van der Waals surface area contributed by atoms with Crippen molar-refractivity contribution in [3.05, 3.63) is 52.5 Å². The van der Waals surface area contributed by atoms with Crippen LogP contribution in [-0.2, 0) is 9.59 Å². The molecule has 32 heavy (non-hydrogen) atoms. The Hall–Kier alpha value is -3.21. The van der Waals surface area contributed by atoms with Crippen LogP contribution in [0.5, 0.6) is 11.5 Å². The first kappa shape index (κ1) is 22.0. The highest BCUT2D eigenvalue weighted by atomic mass is 79.9. The quantitative estimate of drug-likeness (QED) is 0.669. The van der Waals surface area contributed by atoms with Gasteiger partial charge in [-0.3, -0.25) is 14.4 Å². The van der Waals surface area contributed by atoms with Crippen molar-refractivity contribution < 1.29 is 32.6 Å². The SMILES string of the molecule is O=C1Nc2ccc(Br)cc2C(=O)N2CCN(C(=O)COc3ccc(OC(F)F)cc3)CC12. The number of carbonyl (C=O) groups is 3. The number of carbonyl (C=O) groups excluding carboxylic acids is 3. The molecule has 1 N–H and O–H groups in total. The molecule has 1 unspecified atom stereocenters. The van der Waals surface area contributed by atoms with Gasteiger partial charge in [0, 0.05) is 17.6 Å². The van der Waals surface area contributed by atoms with Crippen molar-refractivity contribution in [1.82, 2.24) is 9.80 Å². The maximum atomic E-state index is 13.0. The van der Waals surface area contributed by atoms with Crippen LogP contribution in [0.1, 0.15) is 10.4 Å². The lowest BCUT2D eigenvalue weighted by Gasteiger charge is -2.39. The van der Waals surface area contributed by atoms with E-state index in [0.717, 1.165) is 4.47 Å². The summed E-state index contributed by atoms with van der Waals surface area (Å²) < 4.78 is 34.8. The van der Waals surface area contributed by atoms with Gasteiger partial charge in [0.15, 0.2) is 6.61 Å². The Morgan fingerprint density at radius 2 is 1.84 bits per heavy atom. The highest BCUT2D eigenvalue weighted by molar-refractivity contribution is 9.10. The molecule has 3 amide bonds. The zero-order valence-corrected chi connectivity index (χ0v) is 18.2. The van der Waals surface area contributed by atoms with E-state index in [1.54, 1.807) is 18.2 Å². The van der Waals surface area contributed by atoms with E-state index < -0.39 is 12.7 Å². The topological polar surface area (TPSA) is 88.2 Å². The number of piperazine rings is 1. The first-order valence-corrected chi connectivity index (χ1v) is 10.5. The van der Waals surface area contributed by atoms with E-state index in [4.69, 9.17) is 4.74 Å². The summed E-state index contributed by atoms with van der Waals surface area (Å²) in [7, 11) is 0. The lowest BCUT2D eigenvalue weighted by atomic mass is 10.1. The lowest BCUT2D eigenvalue weighted by molar-refractivity contribution is -0.137. The number of halogens is 3. The van der Waals surface area contributed by atoms with Crippen LogP contribution in [0.25, 0.3) is 0 Å². The smallest absolute Gasteiger partial charge is 0.387 e. The van der Waals surface area contributed by atoms with Gasteiger partial charge in [0.05, 0.1) is 17.8 Å². The van der Waals surface area contributed by atoms with Gasteiger partial charge in [-0.25, -0.2) is 0 Å². The molecule has 2 aromatic carbocycles. The van der Waals surface area contributed by atoms with Crippen molar-refractivity contribution in [2.75, 3.05) is 31.6 Å². The number of amides is 3. The molecule has 1 atom stereocenters. The average Bonchev–Trinajstić information content (AvgIpc) is 2.87. The third-order valence-corrected chi connectivity index (χ3v) is 5.67. The summed E-state index contributed by atoms with van der Waals surface area (Å²) in [6.45, 7) is -2.73. The number of anilines is 1. The minimum Gasteiger partial charge on any atom is -0.484 e. The number of hydrogen-bond acceptors (Lipinski definition) is 5. The number of nitrogens with zero attached hydrogens (tertiary/aromatic N) is 2. The molecule has 11 heteroatoms. The first-order valence-electron chi connectivity index (χ1n) is 9.68. The molecule has 0 saturated carbocycles. The molecule has 0 aliphatic carbocycles. The number of nitrogens with one attached hydrogen (secondary N) is 1. The number of ether oxygens (including phenoxy) is 2. The summed E-state index contributed by atoms with van der Waals surface area (Å²) in [5, 5.41) is 2.76. The minimum atomic E-state index is -2.93. The number of fused-ring (bicyclic) bond motifs is 2. The number of alkyl halides is 2. The van der Waals surface area contributed by atoms with Crippen LogP contribution < -0.4 is 14.8 Å². The summed E-state index contributed by atoms with van der Waals surface area (Å²) in [4.78, 5) is 41.3. The second-order valence-electron chi connectivity index (χ2n) is 7.17. The van der Waals surface area contributed by atoms with Gasteiger partial charge in [-0.2, -0.15) is 8.78 Å². The number of benzene rings is 2. The second-order valence-corrected chi connectivity index (χ2v) is 8.09. The molecule has 1 fully saturated rings. The predicted molar refractivity (Wildman–Crippen MR) is 113 cm³/mol. The summed E-state index contributed by atoms with van der Waals surface area (Å²) in [5.74, 6) is -0.720. The van der Waals surface area contributed by atoms with Crippen LogP contribution in [0.4, 0.5) is 14.5 Å². The number of rotatable bonds is 5. The minimum absolute atomic E-state index is 0.0214. The van der Waals surface area contributed by atoms with Gasteiger partial charge in [-0.15, -0.1) is 0 Å². The average molecular weight is 510 g/mol. The molecule has 4 rings (SSSR count). The Bertz CT molecular complexity index is 1050. The Kier molecular flexibility index (Phi) is 6.26. The third kappa shape index (κ3) is 4.67. The van der Waals surface area contributed by atoms with Crippen molar-refractivity contribution in [2.45, 2.75) is 12.7 Å². The van der Waals surface area contributed by atoms with Crippen LogP contribution >= 0.6 is 15.9 Å². The first-order chi connectivity index (χ1) is 15.3. The molecule has 2 aliphatic rings. The summed E-state index contributed by atoms with van der Waals surface area (Å²) in [6.07, 6.45) is 0. The highest BCUT2D eigenvalue weighted by Gasteiger charge is 2.40. The molecule has 168 valence electrons. The van der Waals surface area contributed by atoms with Crippen molar-refractivity contribution in [2.24, 2.45) is 0 Å². The van der Waals surface area contributed by atoms with Crippen molar-refractivity contribution in [3.8, 4) is 11.5 Å². The van der Waals surface area contributed by atoms with Crippen LogP contribution in [0.3, 0.4) is 0 Å². The summed E-state index contributed by atoms with van der Waals surface area (Å²) >= 11 is 3.34. The monoisotopic (exact) mass is 509 g/mol. The molecule has 0 bridgehead atoms. The fraction of sp³-hybridized carbons (Fsp3) is 0.286. The van der Waals surface area contributed by atoms with Gasteiger partial charge in [0.2, 0.25) is 5.91 Å². The number of hydrogen-bond donors (Lipinski definition) is 1. The molecule has 2 heterocycles. The van der Waals surface area contributed by atoms with Crippen molar-refractivity contribution in [3.63, 3.8) is 0 Å². The van der Waals surface area contributed by atoms with Crippen molar-refractivity contribution in [1.29, 1.82) is 0 Å². The fourth-order valence-electron chi connectivity index (χ4n) is 3.60. The molecule has 0 radical (unpaired) electrons. The summed E-state index contributed by atoms with van der Waals surface area (Å²) in [6, 6.07) is 9.66. The maximum Gasteiger partial charge on any atom is 0.387 e. The largest absolute Gasteiger partial charge is 0.484 e. The van der Waals surface area contributed by atoms with Gasteiger partial charge >= 0.3 is 6.61 Å². The summed E-state index contributed by atoms with van der Waals surface area (Å²) in [5.41, 5.74) is 0.815. The van der Waals surface area contributed by atoms with E-state index in [1.807, 2.05) is 0 Å². The third-order valence-electron chi connectivity index (χ3n) is 5.18. The van der Waals surface area contributed by atoms with E-state index in [1.165, 1.54) is 34.1 Å². The van der Waals surface area contributed by atoms with Crippen LogP contribution in [0.2, 0.25) is 0 Å². The Balaban J connectivity index is 1.39. The van der Waals surface area contributed by atoms with E-state index in [2.05, 4.69) is 26.0 Å². The predicted octanol–water partition coefficient (Wildman–Crippen LogP) is 2.73. The van der Waals surface area contributed by atoms with Gasteiger partial charge < -0.3 is 24.6 Å². The van der Waals surface area contributed by atoms with Crippen LogP contribution in [0.15, 0.2) is 46.9 Å². The van der Waals surface area contributed by atoms with E-state index >= 15 is 0 Å². The van der Waals surface area contributed by atoms with E-state index in [-0.39, 0.29) is 49.7 Å². The second kappa shape index (κ2) is 9.11. The van der Waals surface area contributed by atoms with Crippen LogP contribution in [-0.4, -0.2) is 66.4 Å². The Labute approximate surface area is 190 Å². The van der Waals surface area contributed by atoms with Gasteiger partial charge in [0.25, 0.3) is 11.8 Å². The molecule has 0 aromatic heterocycles. The fourth-order valence-corrected chi connectivity index (χ4v) is 3.96. The van der Waals surface area contributed by atoms with E-state index in [0.29, 0.717) is 17.0 Å². The molecule has 2 aromatic rings. The lowest BCUT2D eigenvalue weighted by Crippen LogP contribution is -2.60. The highest BCUT2D eigenvalue weighted by Crippen LogP contribution is 2.28.